The summed E-state index contributed by atoms with van der Waals surface area (Å²) in [6, 6.07) is 9.78. The quantitative estimate of drug-likeness (QED) is 0.727. The van der Waals surface area contributed by atoms with Gasteiger partial charge in [-0.1, -0.05) is 23.7 Å². The third-order valence-electron chi connectivity index (χ3n) is 5.87. The molecule has 1 saturated heterocycles. The fraction of sp³-hybridized carbons (Fsp3) is 0.500. The van der Waals surface area contributed by atoms with Crippen LogP contribution in [0, 0.1) is 0 Å². The largest absolute Gasteiger partial charge is 0.374 e. The third kappa shape index (κ3) is 4.62. The molecule has 0 unspecified atom stereocenters. The second kappa shape index (κ2) is 8.53. The van der Waals surface area contributed by atoms with Crippen LogP contribution in [-0.4, -0.2) is 71.6 Å². The van der Waals surface area contributed by atoms with Crippen molar-refractivity contribution >= 4 is 38.6 Å². The minimum Gasteiger partial charge on any atom is -0.374 e. The van der Waals surface area contributed by atoms with Crippen LogP contribution < -0.4 is 9.62 Å². The minimum absolute atomic E-state index is 0.00474. The molecule has 29 heavy (non-hydrogen) atoms. The molecule has 0 spiro atoms. The van der Waals surface area contributed by atoms with Crippen LogP contribution in [0.3, 0.4) is 0 Å². The summed E-state index contributed by atoms with van der Waals surface area (Å²) in [5.74, 6) is 0. The Morgan fingerprint density at radius 1 is 1.10 bits per heavy atom. The number of hydrogen-bond acceptors (Lipinski definition) is 6. The van der Waals surface area contributed by atoms with Gasteiger partial charge >= 0.3 is 0 Å². The fourth-order valence-corrected chi connectivity index (χ4v) is 6.65. The van der Waals surface area contributed by atoms with Gasteiger partial charge in [0.25, 0.3) is 0 Å². The Labute approximate surface area is 182 Å². The minimum atomic E-state index is -3.57. The van der Waals surface area contributed by atoms with Crippen molar-refractivity contribution in [3.63, 3.8) is 0 Å². The van der Waals surface area contributed by atoms with Gasteiger partial charge in [-0.25, -0.2) is 13.1 Å². The summed E-state index contributed by atoms with van der Waals surface area (Å²) in [7, 11) is 0.667. The molecular formula is C20H27ClN4O2S2. The van der Waals surface area contributed by atoms with Crippen molar-refractivity contribution in [1.29, 1.82) is 0 Å². The van der Waals surface area contributed by atoms with Crippen LogP contribution in [0.5, 0.6) is 0 Å². The average Bonchev–Trinajstić information content (AvgIpc) is 3.30. The Bertz CT molecular complexity index is 971. The predicted molar refractivity (Wildman–Crippen MR) is 120 cm³/mol. The van der Waals surface area contributed by atoms with E-state index in [2.05, 4.69) is 51.7 Å². The molecule has 2 aliphatic heterocycles. The summed E-state index contributed by atoms with van der Waals surface area (Å²) in [6.07, 6.45) is 1.04. The van der Waals surface area contributed by atoms with Gasteiger partial charge in [-0.3, -0.25) is 4.90 Å². The first-order valence-electron chi connectivity index (χ1n) is 9.85. The molecular weight excluding hydrogens is 428 g/mol. The molecule has 158 valence electrons. The van der Waals surface area contributed by atoms with Crippen molar-refractivity contribution in [2.24, 2.45) is 0 Å². The normalized spacial score (nSPS) is 19.5. The highest BCUT2D eigenvalue weighted by Gasteiger charge is 2.28. The Balaban J connectivity index is 1.57. The lowest BCUT2D eigenvalue weighted by atomic mass is 10.0. The first-order valence-corrected chi connectivity index (χ1v) is 12.5. The van der Waals surface area contributed by atoms with Crippen LogP contribution >= 0.6 is 22.9 Å². The Morgan fingerprint density at radius 3 is 2.55 bits per heavy atom. The van der Waals surface area contributed by atoms with Crippen molar-refractivity contribution in [3.05, 3.63) is 45.8 Å². The van der Waals surface area contributed by atoms with Crippen LogP contribution in [0.4, 0.5) is 5.69 Å². The van der Waals surface area contributed by atoms with E-state index in [-0.39, 0.29) is 10.3 Å². The lowest BCUT2D eigenvalue weighted by molar-refractivity contribution is 0.113. The summed E-state index contributed by atoms with van der Waals surface area (Å²) in [5, 5.41) is 0. The standard InChI is InChI=1S/C20H27ClN4O2S2/c1-23-9-11-25(12-10-23)18(14-22-29(26,27)20-6-5-19(21)28-20)15-3-4-17-16(13-15)7-8-24(17)2/h3-6,13,18,22H,7-12,14H2,1-2H3/t18-/m0/s1. The first kappa shape index (κ1) is 21.1. The summed E-state index contributed by atoms with van der Waals surface area (Å²) >= 11 is 7.02. The molecule has 1 fully saturated rings. The number of piperazine rings is 1. The molecule has 1 atom stereocenters. The monoisotopic (exact) mass is 454 g/mol. The summed E-state index contributed by atoms with van der Waals surface area (Å²) in [4.78, 5) is 6.97. The molecule has 0 saturated carbocycles. The van der Waals surface area contributed by atoms with Crippen LogP contribution in [-0.2, 0) is 16.4 Å². The first-order chi connectivity index (χ1) is 13.8. The second-order valence-electron chi connectivity index (χ2n) is 7.83. The van der Waals surface area contributed by atoms with E-state index in [4.69, 9.17) is 11.6 Å². The lowest BCUT2D eigenvalue weighted by Crippen LogP contribution is -2.48. The highest BCUT2D eigenvalue weighted by Crippen LogP contribution is 2.32. The molecule has 3 heterocycles. The number of nitrogens with zero attached hydrogens (tertiary/aromatic N) is 3. The molecule has 9 heteroatoms. The van der Waals surface area contributed by atoms with Gasteiger partial charge in [0.1, 0.15) is 4.21 Å². The highest BCUT2D eigenvalue weighted by molar-refractivity contribution is 7.91. The van der Waals surface area contributed by atoms with Crippen LogP contribution in [0.2, 0.25) is 4.34 Å². The predicted octanol–water partition coefficient (Wildman–Crippen LogP) is 2.66. The molecule has 0 amide bonds. The lowest BCUT2D eigenvalue weighted by Gasteiger charge is -2.38. The van der Waals surface area contributed by atoms with Gasteiger partial charge in [-0.15, -0.1) is 11.3 Å². The topological polar surface area (TPSA) is 55.9 Å². The zero-order valence-electron chi connectivity index (χ0n) is 16.8. The maximum Gasteiger partial charge on any atom is 0.250 e. The molecule has 0 radical (unpaired) electrons. The number of halogens is 1. The van der Waals surface area contributed by atoms with E-state index < -0.39 is 10.0 Å². The zero-order valence-corrected chi connectivity index (χ0v) is 19.2. The summed E-state index contributed by atoms with van der Waals surface area (Å²) in [5.41, 5.74) is 3.80. The average molecular weight is 455 g/mol. The number of anilines is 1. The van der Waals surface area contributed by atoms with Crippen LogP contribution in [0.25, 0.3) is 0 Å². The van der Waals surface area contributed by atoms with Crippen molar-refractivity contribution in [2.75, 3.05) is 58.3 Å². The van der Waals surface area contributed by atoms with Gasteiger partial charge in [0, 0.05) is 58.0 Å². The van der Waals surface area contributed by atoms with E-state index in [0.717, 1.165) is 50.5 Å². The molecule has 1 aromatic heterocycles. The second-order valence-corrected chi connectivity index (χ2v) is 11.5. The fourth-order valence-electron chi connectivity index (χ4n) is 4.09. The van der Waals surface area contributed by atoms with Crippen molar-refractivity contribution < 1.29 is 8.42 Å². The molecule has 0 bridgehead atoms. The van der Waals surface area contributed by atoms with Crippen molar-refractivity contribution in [3.8, 4) is 0 Å². The number of sulfonamides is 1. The summed E-state index contributed by atoms with van der Waals surface area (Å²) < 4.78 is 29.1. The molecule has 0 aliphatic carbocycles. The van der Waals surface area contributed by atoms with E-state index in [0.29, 0.717) is 10.9 Å². The van der Waals surface area contributed by atoms with E-state index in [1.165, 1.54) is 16.8 Å². The number of rotatable bonds is 6. The van der Waals surface area contributed by atoms with E-state index in [1.54, 1.807) is 12.1 Å². The number of likely N-dealkylation sites (N-methyl/N-ethyl adjacent to an activating group) is 2. The zero-order chi connectivity index (χ0) is 20.6. The van der Waals surface area contributed by atoms with Gasteiger partial charge in [-0.05, 0) is 42.8 Å². The number of benzene rings is 1. The van der Waals surface area contributed by atoms with E-state index >= 15 is 0 Å². The molecule has 2 aromatic rings. The van der Waals surface area contributed by atoms with Crippen LogP contribution in [0.15, 0.2) is 34.5 Å². The molecule has 1 aromatic carbocycles. The number of nitrogens with one attached hydrogen (secondary N) is 1. The Morgan fingerprint density at radius 2 is 1.86 bits per heavy atom. The van der Waals surface area contributed by atoms with Gasteiger partial charge in [0.2, 0.25) is 10.0 Å². The molecule has 4 rings (SSSR count). The summed E-state index contributed by atoms with van der Waals surface area (Å²) in [6.45, 7) is 5.18. The van der Waals surface area contributed by atoms with E-state index in [9.17, 15) is 8.42 Å². The number of fused-ring (bicyclic) bond motifs is 1. The van der Waals surface area contributed by atoms with E-state index in [1.807, 2.05) is 0 Å². The van der Waals surface area contributed by atoms with Gasteiger partial charge in [-0.2, -0.15) is 0 Å². The maximum atomic E-state index is 12.8. The molecule has 6 nitrogen and oxygen atoms in total. The molecule has 1 N–H and O–H groups in total. The number of hydrogen-bond donors (Lipinski definition) is 1. The maximum absolute atomic E-state index is 12.8. The van der Waals surface area contributed by atoms with Gasteiger partial charge in [0.15, 0.2) is 0 Å². The van der Waals surface area contributed by atoms with Gasteiger partial charge < -0.3 is 9.80 Å². The van der Waals surface area contributed by atoms with Crippen molar-refractivity contribution in [1.82, 2.24) is 14.5 Å². The smallest absolute Gasteiger partial charge is 0.250 e. The number of thiophene rings is 1. The van der Waals surface area contributed by atoms with Gasteiger partial charge in [0.05, 0.1) is 4.34 Å². The Hall–Kier alpha value is -1.16. The SMILES string of the molecule is CN1CCN([C@@H](CNS(=O)(=O)c2ccc(Cl)s2)c2ccc3c(c2)CCN3C)CC1. The van der Waals surface area contributed by atoms with Crippen LogP contribution in [0.1, 0.15) is 17.2 Å². The molecule has 2 aliphatic rings. The highest BCUT2D eigenvalue weighted by atomic mass is 35.5. The van der Waals surface area contributed by atoms with Crippen molar-refractivity contribution in [2.45, 2.75) is 16.7 Å². The Kier molecular flexibility index (Phi) is 6.20. The third-order valence-corrected chi connectivity index (χ3v) is 9.02.